The van der Waals surface area contributed by atoms with Crippen molar-refractivity contribution in [2.45, 2.75) is 33.1 Å². The zero-order chi connectivity index (χ0) is 23.6. The second-order valence-corrected chi connectivity index (χ2v) is 11.6. The molecule has 0 aromatic heterocycles. The standard InChI is InChI=1S/C30H34N4/c1-18-16-33(22-12-7-5-10-20(22)31)24-14-9-15-25-26(24)30-27(28(18,30)3)29(30,4)19(2)17-34(25)23-13-8-6-11-21(23)32/h5-15,18-19,27H,16-17,31-32H2,1-4H3. The summed E-state index contributed by atoms with van der Waals surface area (Å²) in [6, 6.07) is 23.5. The highest BCUT2D eigenvalue weighted by Crippen LogP contribution is 3.02. The molecule has 2 aliphatic carbocycles. The van der Waals surface area contributed by atoms with Gasteiger partial charge in [0.25, 0.3) is 0 Å². The molecule has 7 rings (SSSR count). The van der Waals surface area contributed by atoms with Crippen LogP contribution in [0.3, 0.4) is 0 Å². The van der Waals surface area contributed by atoms with E-state index in [4.69, 9.17) is 11.5 Å². The highest BCUT2D eigenvalue weighted by atomic mass is 15.2. The molecule has 34 heavy (non-hydrogen) atoms. The predicted molar refractivity (Wildman–Crippen MR) is 142 cm³/mol. The number of nitrogens with zero attached hydrogens (tertiary/aromatic N) is 2. The lowest BCUT2D eigenvalue weighted by atomic mass is 9.62. The Morgan fingerprint density at radius 2 is 1.06 bits per heavy atom. The van der Waals surface area contributed by atoms with E-state index in [0.717, 1.165) is 41.8 Å². The molecule has 0 radical (unpaired) electrons. The minimum atomic E-state index is 0.210. The van der Waals surface area contributed by atoms with Gasteiger partial charge in [-0.25, -0.2) is 0 Å². The van der Waals surface area contributed by atoms with Gasteiger partial charge in [0.05, 0.1) is 22.7 Å². The van der Waals surface area contributed by atoms with Crippen LogP contribution in [-0.4, -0.2) is 13.1 Å². The van der Waals surface area contributed by atoms with Crippen molar-refractivity contribution in [2.24, 2.45) is 28.6 Å². The number of hydrogen-bond donors (Lipinski definition) is 2. The maximum Gasteiger partial charge on any atom is 0.0644 e. The van der Waals surface area contributed by atoms with Crippen LogP contribution in [-0.2, 0) is 5.41 Å². The lowest BCUT2D eigenvalue weighted by molar-refractivity contribution is 0.105. The summed E-state index contributed by atoms with van der Waals surface area (Å²) in [5.41, 5.74) is 22.0. The minimum Gasteiger partial charge on any atom is -0.397 e. The molecule has 3 aromatic carbocycles. The topological polar surface area (TPSA) is 58.5 Å². The average Bonchev–Trinajstić information content (AvgIpc) is 3.66. The van der Waals surface area contributed by atoms with E-state index in [0.29, 0.717) is 22.7 Å². The molecule has 4 N–H and O–H groups in total. The van der Waals surface area contributed by atoms with E-state index in [1.165, 1.54) is 16.9 Å². The van der Waals surface area contributed by atoms with E-state index in [1.54, 1.807) is 0 Å². The molecular weight excluding hydrogens is 416 g/mol. The third-order valence-corrected chi connectivity index (χ3v) is 10.6. The molecule has 4 aliphatic rings. The van der Waals surface area contributed by atoms with Crippen molar-refractivity contribution in [1.29, 1.82) is 0 Å². The Labute approximate surface area is 202 Å². The van der Waals surface area contributed by atoms with Crippen LogP contribution in [0.2, 0.25) is 0 Å². The second-order valence-electron chi connectivity index (χ2n) is 11.6. The molecule has 4 heteroatoms. The van der Waals surface area contributed by atoms with Crippen molar-refractivity contribution < 1.29 is 0 Å². The van der Waals surface area contributed by atoms with Gasteiger partial charge in [0.2, 0.25) is 0 Å². The summed E-state index contributed by atoms with van der Waals surface area (Å²) in [6.07, 6.45) is 0. The first-order valence-corrected chi connectivity index (χ1v) is 12.7. The molecule has 0 amide bonds. The minimum absolute atomic E-state index is 0.210. The molecule has 2 fully saturated rings. The summed E-state index contributed by atoms with van der Waals surface area (Å²) in [5.74, 6) is 1.86. The van der Waals surface area contributed by atoms with E-state index in [9.17, 15) is 0 Å². The average molecular weight is 451 g/mol. The normalized spacial score (nSPS) is 36.8. The van der Waals surface area contributed by atoms with Gasteiger partial charge >= 0.3 is 0 Å². The van der Waals surface area contributed by atoms with Crippen LogP contribution < -0.4 is 21.3 Å². The van der Waals surface area contributed by atoms with Crippen molar-refractivity contribution in [1.82, 2.24) is 0 Å². The molecule has 1 spiro atoms. The zero-order valence-corrected chi connectivity index (χ0v) is 20.5. The molecular formula is C30H34N4. The summed E-state index contributed by atoms with van der Waals surface area (Å²) >= 11 is 0. The Balaban J connectivity index is 1.54. The van der Waals surface area contributed by atoms with Crippen LogP contribution in [0, 0.1) is 28.6 Å². The van der Waals surface area contributed by atoms with Crippen molar-refractivity contribution in [3.63, 3.8) is 0 Å². The van der Waals surface area contributed by atoms with Gasteiger partial charge in [-0.1, -0.05) is 58.0 Å². The highest BCUT2D eigenvalue weighted by molar-refractivity contribution is 5.89. The van der Waals surface area contributed by atoms with Gasteiger partial charge in [-0.3, -0.25) is 0 Å². The number of para-hydroxylation sites is 4. The predicted octanol–water partition coefficient (Wildman–Crippen LogP) is 6.32. The number of anilines is 6. The van der Waals surface area contributed by atoms with Gasteiger partial charge in [-0.15, -0.1) is 0 Å². The lowest BCUT2D eigenvalue weighted by Gasteiger charge is -2.41. The first-order chi connectivity index (χ1) is 16.3. The largest absolute Gasteiger partial charge is 0.397 e. The third kappa shape index (κ3) is 1.96. The molecule has 0 bridgehead atoms. The molecule has 4 unspecified atom stereocenters. The summed E-state index contributed by atoms with van der Waals surface area (Å²) in [6.45, 7) is 12.0. The van der Waals surface area contributed by atoms with Crippen LogP contribution in [0.25, 0.3) is 0 Å². The van der Waals surface area contributed by atoms with Crippen molar-refractivity contribution in [3.8, 4) is 0 Å². The summed E-state index contributed by atoms with van der Waals surface area (Å²) < 4.78 is 0. The van der Waals surface area contributed by atoms with E-state index < -0.39 is 0 Å². The van der Waals surface area contributed by atoms with Crippen LogP contribution in [0.5, 0.6) is 0 Å². The second kappa shape index (κ2) is 6.10. The Hall–Kier alpha value is -3.14. The number of benzene rings is 3. The number of rotatable bonds is 2. The number of nitrogens with two attached hydrogens (primary N) is 2. The Morgan fingerprint density at radius 1 is 0.647 bits per heavy atom. The van der Waals surface area contributed by atoms with Gasteiger partial charge in [0.15, 0.2) is 0 Å². The lowest BCUT2D eigenvalue weighted by Crippen LogP contribution is -2.41. The Morgan fingerprint density at radius 3 is 1.50 bits per heavy atom. The first-order valence-electron chi connectivity index (χ1n) is 12.7. The summed E-state index contributed by atoms with van der Waals surface area (Å²) in [5, 5.41) is 0. The smallest absolute Gasteiger partial charge is 0.0644 e. The van der Waals surface area contributed by atoms with Gasteiger partial charge in [0, 0.05) is 35.4 Å². The van der Waals surface area contributed by atoms with Crippen molar-refractivity contribution >= 4 is 34.1 Å². The summed E-state index contributed by atoms with van der Waals surface area (Å²) in [7, 11) is 0. The highest BCUT2D eigenvalue weighted by Gasteiger charge is 3.01. The van der Waals surface area contributed by atoms with Crippen LogP contribution in [0.1, 0.15) is 33.3 Å². The molecule has 0 saturated heterocycles. The van der Waals surface area contributed by atoms with E-state index >= 15 is 0 Å². The monoisotopic (exact) mass is 450 g/mol. The van der Waals surface area contributed by atoms with Gasteiger partial charge in [0.1, 0.15) is 0 Å². The number of nitrogen functional groups attached to an aromatic ring is 2. The molecule has 2 saturated carbocycles. The maximum absolute atomic E-state index is 6.56. The molecule has 2 aliphatic heterocycles. The quantitative estimate of drug-likeness (QED) is 0.449. The molecule has 2 heterocycles. The van der Waals surface area contributed by atoms with Crippen molar-refractivity contribution in [2.75, 3.05) is 34.4 Å². The molecule has 174 valence electrons. The van der Waals surface area contributed by atoms with E-state index in [2.05, 4.69) is 80.0 Å². The SMILES string of the molecule is CC1CN(c2ccccc2N)c2cccc3c2C24C(C12C)C4(C)C(C)CN3c1ccccc1N. The summed E-state index contributed by atoms with van der Waals surface area (Å²) in [4.78, 5) is 5.01. The fraction of sp³-hybridized carbons (Fsp3) is 0.400. The van der Waals surface area contributed by atoms with Gasteiger partial charge in [-0.05, 0) is 65.0 Å². The zero-order valence-electron chi connectivity index (χ0n) is 20.5. The van der Waals surface area contributed by atoms with Crippen LogP contribution >= 0.6 is 0 Å². The number of hydrogen-bond acceptors (Lipinski definition) is 4. The van der Waals surface area contributed by atoms with Gasteiger partial charge in [-0.2, -0.15) is 0 Å². The van der Waals surface area contributed by atoms with Crippen LogP contribution in [0.4, 0.5) is 34.1 Å². The maximum atomic E-state index is 6.56. The Bertz CT molecular complexity index is 1250. The fourth-order valence-electron chi connectivity index (χ4n) is 8.87. The molecule has 4 nitrogen and oxygen atoms in total. The third-order valence-electron chi connectivity index (χ3n) is 10.6. The molecule has 3 aromatic rings. The van der Waals surface area contributed by atoms with Crippen LogP contribution in [0.15, 0.2) is 66.7 Å². The molecule has 4 atom stereocenters. The van der Waals surface area contributed by atoms with E-state index in [-0.39, 0.29) is 5.41 Å². The first kappa shape index (κ1) is 20.3. The van der Waals surface area contributed by atoms with Crippen molar-refractivity contribution in [3.05, 3.63) is 72.3 Å². The number of fused-ring (bicyclic) bond motifs is 2. The van der Waals surface area contributed by atoms with E-state index in [1.807, 2.05) is 24.3 Å². The Kier molecular flexibility index (Phi) is 3.63. The fourth-order valence-corrected chi connectivity index (χ4v) is 8.87. The van der Waals surface area contributed by atoms with Gasteiger partial charge < -0.3 is 21.3 Å².